The number of hydrogen-bond donors (Lipinski definition) is 1. The molecule has 1 saturated heterocycles. The van der Waals surface area contributed by atoms with Crippen LogP contribution in [0.5, 0.6) is 0 Å². The van der Waals surface area contributed by atoms with E-state index in [0.717, 1.165) is 31.6 Å². The van der Waals surface area contributed by atoms with Crippen molar-refractivity contribution in [2.24, 2.45) is 0 Å². The molecule has 3 aromatic rings. The second kappa shape index (κ2) is 8.02. The highest BCUT2D eigenvalue weighted by Gasteiger charge is 2.24. The van der Waals surface area contributed by atoms with Crippen LogP contribution in [0.15, 0.2) is 29.2 Å². The van der Waals surface area contributed by atoms with Crippen molar-refractivity contribution in [3.63, 3.8) is 0 Å². The van der Waals surface area contributed by atoms with Gasteiger partial charge in [0.1, 0.15) is 16.8 Å². The molecule has 0 saturated carbocycles. The van der Waals surface area contributed by atoms with E-state index in [4.69, 9.17) is 10.4 Å². The zero-order valence-electron chi connectivity index (χ0n) is 17.8. The maximum absolute atomic E-state index is 13.3. The number of aromatic nitrogens is 3. The fourth-order valence-corrected chi connectivity index (χ4v) is 4.14. The largest absolute Gasteiger partial charge is 0.336 e. The number of amides is 1. The molecule has 0 aliphatic carbocycles. The van der Waals surface area contributed by atoms with Crippen LogP contribution in [0, 0.1) is 12.3 Å². The Morgan fingerprint density at radius 3 is 2.57 bits per heavy atom. The Hall–Kier alpha value is -3.00. The molecule has 0 unspecified atom stereocenters. The van der Waals surface area contributed by atoms with Crippen molar-refractivity contribution in [1.82, 2.24) is 23.8 Å². The van der Waals surface area contributed by atoms with Crippen LogP contribution in [-0.4, -0.2) is 62.4 Å². The van der Waals surface area contributed by atoms with E-state index in [1.54, 1.807) is 21.7 Å². The van der Waals surface area contributed by atoms with Crippen molar-refractivity contribution >= 4 is 22.6 Å². The minimum atomic E-state index is -0.214. The molecule has 1 aliphatic rings. The van der Waals surface area contributed by atoms with Gasteiger partial charge in [0, 0.05) is 38.9 Å². The molecule has 0 bridgehead atoms. The Kier molecular flexibility index (Phi) is 5.42. The standard InChI is InChI=1S/C22H28N6O2/c1-4-8-27-18(23)16(21(29)26-12-10-25(5-2)11-13-26)14-17-20(27)24-19-15(3)7-6-9-28(19)22(17)30/h6-7,9,14,23H,4-5,8,10-13H2,1-3H3. The molecule has 0 aromatic carbocycles. The summed E-state index contributed by atoms with van der Waals surface area (Å²) >= 11 is 0. The van der Waals surface area contributed by atoms with Gasteiger partial charge in [-0.25, -0.2) is 4.98 Å². The SMILES string of the molecule is CCCn1c(=N)c(C(=O)N2CCN(CC)CC2)cc2c(=O)n3cccc(C)c3nc21. The third kappa shape index (κ3) is 3.31. The molecule has 1 N–H and O–H groups in total. The Morgan fingerprint density at radius 2 is 1.90 bits per heavy atom. The topological polar surface area (TPSA) is 86.7 Å². The van der Waals surface area contributed by atoms with Crippen LogP contribution < -0.4 is 11.0 Å². The third-order valence-corrected chi connectivity index (χ3v) is 5.92. The van der Waals surface area contributed by atoms with Crippen molar-refractivity contribution in [3.05, 3.63) is 51.4 Å². The minimum Gasteiger partial charge on any atom is -0.336 e. The van der Waals surface area contributed by atoms with Crippen LogP contribution in [0.4, 0.5) is 0 Å². The number of hydrogen-bond acceptors (Lipinski definition) is 5. The first-order valence-corrected chi connectivity index (χ1v) is 10.6. The number of rotatable bonds is 4. The van der Waals surface area contributed by atoms with Crippen molar-refractivity contribution in [3.8, 4) is 0 Å². The summed E-state index contributed by atoms with van der Waals surface area (Å²) < 4.78 is 3.23. The lowest BCUT2D eigenvalue weighted by molar-refractivity contribution is 0.0640. The van der Waals surface area contributed by atoms with Gasteiger partial charge in [-0.2, -0.15) is 0 Å². The van der Waals surface area contributed by atoms with Crippen molar-refractivity contribution < 1.29 is 4.79 Å². The van der Waals surface area contributed by atoms with E-state index in [-0.39, 0.29) is 22.5 Å². The van der Waals surface area contributed by atoms with Gasteiger partial charge in [0.15, 0.2) is 0 Å². The van der Waals surface area contributed by atoms with Gasteiger partial charge in [0.2, 0.25) is 0 Å². The number of pyridine rings is 2. The van der Waals surface area contributed by atoms with Crippen molar-refractivity contribution in [2.75, 3.05) is 32.7 Å². The van der Waals surface area contributed by atoms with Gasteiger partial charge in [-0.05, 0) is 37.6 Å². The fraction of sp³-hybridized carbons (Fsp3) is 0.455. The number of piperazine rings is 1. The predicted molar refractivity (Wildman–Crippen MR) is 116 cm³/mol. The van der Waals surface area contributed by atoms with Crippen LogP contribution in [0.2, 0.25) is 0 Å². The number of carbonyl (C=O) groups excluding carboxylic acids is 1. The summed E-state index contributed by atoms with van der Waals surface area (Å²) in [5.74, 6) is -0.184. The lowest BCUT2D eigenvalue weighted by Crippen LogP contribution is -2.49. The number of aryl methyl sites for hydroxylation is 2. The second-order valence-electron chi connectivity index (χ2n) is 7.82. The number of carbonyl (C=O) groups is 1. The molecule has 4 heterocycles. The molecule has 8 nitrogen and oxygen atoms in total. The van der Waals surface area contributed by atoms with E-state index >= 15 is 0 Å². The number of fused-ring (bicyclic) bond motifs is 2. The van der Waals surface area contributed by atoms with E-state index < -0.39 is 0 Å². The van der Waals surface area contributed by atoms with Gasteiger partial charge < -0.3 is 14.4 Å². The number of likely N-dealkylation sites (N-methyl/N-ethyl adjacent to an activating group) is 1. The van der Waals surface area contributed by atoms with Crippen LogP contribution in [0.1, 0.15) is 36.2 Å². The zero-order valence-corrected chi connectivity index (χ0v) is 17.8. The molecule has 0 spiro atoms. The summed E-state index contributed by atoms with van der Waals surface area (Å²) in [6.45, 7) is 10.4. The fourth-order valence-electron chi connectivity index (χ4n) is 4.14. The summed E-state index contributed by atoms with van der Waals surface area (Å²) in [5, 5.41) is 9.12. The molecular weight excluding hydrogens is 380 g/mol. The van der Waals surface area contributed by atoms with Crippen LogP contribution in [0.25, 0.3) is 16.7 Å². The maximum atomic E-state index is 13.3. The Bertz CT molecular complexity index is 1230. The number of nitrogens with one attached hydrogen (secondary N) is 1. The average molecular weight is 409 g/mol. The van der Waals surface area contributed by atoms with E-state index in [9.17, 15) is 9.59 Å². The first-order valence-electron chi connectivity index (χ1n) is 10.6. The Balaban J connectivity index is 1.91. The van der Waals surface area contributed by atoms with Gasteiger partial charge in [-0.15, -0.1) is 0 Å². The molecule has 1 aliphatic heterocycles. The highest BCUT2D eigenvalue weighted by atomic mass is 16.2. The van der Waals surface area contributed by atoms with Gasteiger partial charge >= 0.3 is 0 Å². The van der Waals surface area contributed by atoms with E-state index in [0.29, 0.717) is 36.3 Å². The predicted octanol–water partition coefficient (Wildman–Crippen LogP) is 1.62. The summed E-state index contributed by atoms with van der Waals surface area (Å²) in [5.41, 5.74) is 2.11. The smallest absolute Gasteiger partial charge is 0.267 e. The molecule has 30 heavy (non-hydrogen) atoms. The monoisotopic (exact) mass is 408 g/mol. The molecule has 3 aromatic heterocycles. The second-order valence-corrected chi connectivity index (χ2v) is 7.82. The van der Waals surface area contributed by atoms with Crippen molar-refractivity contribution in [2.45, 2.75) is 33.7 Å². The molecule has 8 heteroatoms. The normalized spacial score (nSPS) is 15.2. The van der Waals surface area contributed by atoms with E-state index in [1.807, 2.05) is 26.0 Å². The molecule has 158 valence electrons. The Morgan fingerprint density at radius 1 is 1.17 bits per heavy atom. The Labute approximate surface area is 174 Å². The first-order chi connectivity index (χ1) is 14.5. The zero-order chi connectivity index (χ0) is 21.4. The summed E-state index contributed by atoms with van der Waals surface area (Å²) in [7, 11) is 0. The van der Waals surface area contributed by atoms with Gasteiger partial charge in [0.05, 0.1) is 10.9 Å². The summed E-state index contributed by atoms with van der Waals surface area (Å²) in [6.07, 6.45) is 2.47. The summed E-state index contributed by atoms with van der Waals surface area (Å²) in [6, 6.07) is 5.30. The lowest BCUT2D eigenvalue weighted by atomic mass is 10.1. The first kappa shape index (κ1) is 20.3. The van der Waals surface area contributed by atoms with Crippen LogP contribution >= 0.6 is 0 Å². The molecule has 1 fully saturated rings. The van der Waals surface area contributed by atoms with Crippen LogP contribution in [-0.2, 0) is 6.54 Å². The van der Waals surface area contributed by atoms with E-state index in [2.05, 4.69) is 11.8 Å². The lowest BCUT2D eigenvalue weighted by Gasteiger charge is -2.34. The summed E-state index contributed by atoms with van der Waals surface area (Å²) in [4.78, 5) is 35.4. The van der Waals surface area contributed by atoms with Gasteiger partial charge in [-0.1, -0.05) is 19.9 Å². The minimum absolute atomic E-state index is 0.122. The molecule has 4 rings (SSSR count). The average Bonchev–Trinajstić information content (AvgIpc) is 2.76. The number of nitrogens with zero attached hydrogens (tertiary/aromatic N) is 5. The maximum Gasteiger partial charge on any atom is 0.267 e. The molecular formula is C22H28N6O2. The van der Waals surface area contributed by atoms with E-state index in [1.165, 1.54) is 4.40 Å². The highest BCUT2D eigenvalue weighted by Crippen LogP contribution is 2.15. The highest BCUT2D eigenvalue weighted by molar-refractivity contribution is 5.97. The quantitative estimate of drug-likeness (QED) is 0.665. The third-order valence-electron chi connectivity index (χ3n) is 5.92. The van der Waals surface area contributed by atoms with Gasteiger partial charge in [0.25, 0.3) is 11.5 Å². The molecule has 0 radical (unpaired) electrons. The molecule has 0 atom stereocenters. The van der Waals surface area contributed by atoms with Crippen LogP contribution in [0.3, 0.4) is 0 Å². The van der Waals surface area contributed by atoms with Gasteiger partial charge in [-0.3, -0.25) is 19.4 Å². The molecule has 1 amide bonds. The van der Waals surface area contributed by atoms with Crippen molar-refractivity contribution in [1.29, 1.82) is 5.41 Å².